The van der Waals surface area contributed by atoms with E-state index in [2.05, 4.69) is 10.2 Å². The van der Waals surface area contributed by atoms with Gasteiger partial charge in [0.25, 0.3) is 0 Å². The first-order valence-corrected chi connectivity index (χ1v) is 13.2. The lowest BCUT2D eigenvalue weighted by atomic mass is 9.77. The van der Waals surface area contributed by atoms with Crippen LogP contribution in [0, 0.1) is 5.92 Å². The number of aliphatic carboxylic acids is 1. The lowest BCUT2D eigenvalue weighted by Crippen LogP contribution is -2.16. The highest BCUT2D eigenvalue weighted by molar-refractivity contribution is 5.67. The highest BCUT2D eigenvalue weighted by atomic mass is 19.4. The standard InChI is InChI=1S/C29H26F6N2O5/c30-28(31,32)23-11-9-20(41-23)14-22-26(36-37-27(22)40-15-21-10-12-24(42-21)29(33,34)35)19-7-5-18(6-8-19)17-3-1-16(2-4-17)13-25(38)39/h5-12,16-17H,1-4,13-15H2,(H,36,37)(H,38,39). The van der Waals surface area contributed by atoms with Crippen molar-refractivity contribution >= 4 is 5.97 Å². The van der Waals surface area contributed by atoms with E-state index in [9.17, 15) is 31.1 Å². The van der Waals surface area contributed by atoms with Crippen LogP contribution >= 0.6 is 0 Å². The van der Waals surface area contributed by atoms with Gasteiger partial charge in [0.2, 0.25) is 17.4 Å². The molecule has 3 aromatic heterocycles. The number of halogens is 6. The van der Waals surface area contributed by atoms with Crippen LogP contribution in [0.25, 0.3) is 11.3 Å². The second-order valence-corrected chi connectivity index (χ2v) is 10.3. The molecule has 0 spiro atoms. The Kier molecular flexibility index (Phi) is 8.11. The largest absolute Gasteiger partial charge is 0.481 e. The summed E-state index contributed by atoms with van der Waals surface area (Å²) in [6.45, 7) is -0.400. The van der Waals surface area contributed by atoms with Crippen LogP contribution in [-0.2, 0) is 30.2 Å². The molecule has 1 saturated carbocycles. The molecule has 2 N–H and O–H groups in total. The molecule has 3 heterocycles. The third kappa shape index (κ3) is 6.82. The highest BCUT2D eigenvalue weighted by Crippen LogP contribution is 2.39. The van der Waals surface area contributed by atoms with E-state index in [1.165, 1.54) is 6.07 Å². The Morgan fingerprint density at radius 2 is 1.48 bits per heavy atom. The van der Waals surface area contributed by atoms with Crippen LogP contribution in [0.3, 0.4) is 0 Å². The van der Waals surface area contributed by atoms with Crippen molar-refractivity contribution in [1.82, 2.24) is 10.2 Å². The molecule has 42 heavy (non-hydrogen) atoms. The molecule has 0 atom stereocenters. The van der Waals surface area contributed by atoms with E-state index in [0.717, 1.165) is 49.4 Å². The van der Waals surface area contributed by atoms with Crippen molar-refractivity contribution in [2.24, 2.45) is 5.92 Å². The quantitative estimate of drug-likeness (QED) is 0.189. The topological polar surface area (TPSA) is 101 Å². The maximum Gasteiger partial charge on any atom is 0.449 e. The molecule has 1 aliphatic rings. The number of H-pyrrole nitrogens is 1. The van der Waals surface area contributed by atoms with Gasteiger partial charge in [-0.3, -0.25) is 9.89 Å². The predicted octanol–water partition coefficient (Wildman–Crippen LogP) is 8.22. The van der Waals surface area contributed by atoms with Gasteiger partial charge >= 0.3 is 18.3 Å². The molecule has 0 radical (unpaired) electrons. The Morgan fingerprint density at radius 3 is 2.05 bits per heavy atom. The van der Waals surface area contributed by atoms with Crippen LogP contribution in [0.1, 0.15) is 72.2 Å². The first-order valence-electron chi connectivity index (χ1n) is 13.2. The van der Waals surface area contributed by atoms with Gasteiger partial charge in [-0.15, -0.1) is 5.10 Å². The fourth-order valence-corrected chi connectivity index (χ4v) is 5.29. The fraction of sp³-hybridized carbons (Fsp3) is 0.379. The first-order chi connectivity index (χ1) is 19.9. The highest BCUT2D eigenvalue weighted by Gasteiger charge is 2.36. The number of aromatic nitrogens is 2. The van der Waals surface area contributed by atoms with Gasteiger partial charge < -0.3 is 18.7 Å². The van der Waals surface area contributed by atoms with Gasteiger partial charge in [0, 0.05) is 18.4 Å². The number of carboxylic acids is 1. The van der Waals surface area contributed by atoms with Gasteiger partial charge in [0.05, 0.1) is 5.69 Å². The molecule has 0 saturated heterocycles. The molecule has 0 amide bonds. The number of nitrogens with one attached hydrogen (secondary N) is 1. The van der Waals surface area contributed by atoms with Crippen LogP contribution in [0.15, 0.2) is 57.4 Å². The van der Waals surface area contributed by atoms with Crippen LogP contribution in [-0.4, -0.2) is 21.3 Å². The number of furan rings is 2. The molecule has 0 unspecified atom stereocenters. The van der Waals surface area contributed by atoms with E-state index >= 15 is 0 Å². The minimum atomic E-state index is -4.67. The van der Waals surface area contributed by atoms with Crippen LogP contribution < -0.4 is 4.74 Å². The zero-order chi connectivity index (χ0) is 30.1. The normalized spacial score (nSPS) is 17.9. The summed E-state index contributed by atoms with van der Waals surface area (Å²) in [5, 5.41) is 16.0. The third-order valence-electron chi connectivity index (χ3n) is 7.39. The summed E-state index contributed by atoms with van der Waals surface area (Å²) in [5.74, 6) is -2.84. The van der Waals surface area contributed by atoms with Gasteiger partial charge in [0.1, 0.15) is 18.1 Å². The number of benzene rings is 1. The minimum absolute atomic E-state index is 0.0121. The number of alkyl halides is 6. The summed E-state index contributed by atoms with van der Waals surface area (Å²) >= 11 is 0. The van der Waals surface area contributed by atoms with Crippen molar-refractivity contribution in [3.8, 4) is 17.1 Å². The second-order valence-electron chi connectivity index (χ2n) is 10.3. The minimum Gasteiger partial charge on any atom is -0.481 e. The SMILES string of the molecule is O=C(O)CC1CCC(c2ccc(-c3[nH]nc(OCc4ccc(C(F)(F)F)o4)c3Cc3ccc(C(F)(F)F)o3)cc2)CC1. The number of hydrogen-bond acceptors (Lipinski definition) is 5. The molecule has 0 aliphatic heterocycles. The van der Waals surface area contributed by atoms with Gasteiger partial charge in [-0.05, 0) is 72.9 Å². The predicted molar refractivity (Wildman–Crippen MR) is 136 cm³/mol. The summed E-state index contributed by atoms with van der Waals surface area (Å²) in [5.41, 5.74) is 2.55. The van der Waals surface area contributed by atoms with Gasteiger partial charge in [0.15, 0.2) is 0 Å². The Morgan fingerprint density at radius 1 is 0.881 bits per heavy atom. The number of carbonyl (C=O) groups is 1. The fourth-order valence-electron chi connectivity index (χ4n) is 5.29. The molecule has 1 fully saturated rings. The molecular weight excluding hydrogens is 570 g/mol. The maximum atomic E-state index is 13.1. The van der Waals surface area contributed by atoms with Crippen molar-refractivity contribution in [2.75, 3.05) is 0 Å². The van der Waals surface area contributed by atoms with Crippen molar-refractivity contribution in [2.45, 2.75) is 63.4 Å². The summed E-state index contributed by atoms with van der Waals surface area (Å²) in [4.78, 5) is 11.0. The molecule has 7 nitrogen and oxygen atoms in total. The van der Waals surface area contributed by atoms with Crippen LogP contribution in [0.2, 0.25) is 0 Å². The molecule has 1 aromatic carbocycles. The maximum absolute atomic E-state index is 13.1. The lowest BCUT2D eigenvalue weighted by molar-refractivity contribution is -0.154. The van der Waals surface area contributed by atoms with Crippen molar-refractivity contribution < 1.29 is 49.8 Å². The number of nitrogens with zero attached hydrogens (tertiary/aromatic N) is 1. The Labute approximate surface area is 235 Å². The number of carboxylic acid groups (broad SMARTS) is 1. The average Bonchev–Trinajstić information content (AvgIpc) is 3.68. The molecule has 4 aromatic rings. The summed E-state index contributed by atoms with van der Waals surface area (Å²) in [6.07, 6.45) is -5.92. The lowest BCUT2D eigenvalue weighted by Gasteiger charge is -2.28. The Hall–Kier alpha value is -4.16. The van der Waals surface area contributed by atoms with E-state index in [1.807, 2.05) is 24.3 Å². The van der Waals surface area contributed by atoms with Crippen molar-refractivity contribution in [3.63, 3.8) is 0 Å². The average molecular weight is 597 g/mol. The molecule has 5 rings (SSSR count). The summed E-state index contributed by atoms with van der Waals surface area (Å²) < 4.78 is 93.5. The van der Waals surface area contributed by atoms with E-state index in [1.54, 1.807) is 0 Å². The number of hydrogen-bond donors (Lipinski definition) is 2. The Balaban J connectivity index is 1.37. The summed E-state index contributed by atoms with van der Waals surface area (Å²) in [7, 11) is 0. The van der Waals surface area contributed by atoms with Gasteiger partial charge in [-0.2, -0.15) is 26.3 Å². The molecular formula is C29H26F6N2O5. The zero-order valence-electron chi connectivity index (χ0n) is 22.0. The molecule has 224 valence electrons. The zero-order valence-corrected chi connectivity index (χ0v) is 22.0. The van der Waals surface area contributed by atoms with Crippen molar-refractivity contribution in [1.29, 1.82) is 0 Å². The molecule has 13 heteroatoms. The van der Waals surface area contributed by atoms with E-state index in [-0.39, 0.29) is 42.1 Å². The smallest absolute Gasteiger partial charge is 0.449 e. The third-order valence-corrected chi connectivity index (χ3v) is 7.39. The van der Waals surface area contributed by atoms with Crippen LogP contribution in [0.5, 0.6) is 5.88 Å². The monoisotopic (exact) mass is 596 g/mol. The second kappa shape index (κ2) is 11.6. The molecule has 1 aliphatic carbocycles. The first kappa shape index (κ1) is 29.3. The van der Waals surface area contributed by atoms with Crippen LogP contribution in [0.4, 0.5) is 26.3 Å². The van der Waals surface area contributed by atoms with E-state index < -0.39 is 36.4 Å². The summed E-state index contributed by atoms with van der Waals surface area (Å²) in [6, 6.07) is 11.5. The number of aromatic amines is 1. The van der Waals surface area contributed by atoms with Gasteiger partial charge in [-0.1, -0.05) is 24.3 Å². The number of ether oxygens (including phenoxy) is 1. The van der Waals surface area contributed by atoms with Gasteiger partial charge in [-0.25, -0.2) is 0 Å². The molecule has 0 bridgehead atoms. The number of rotatable bonds is 9. The van der Waals surface area contributed by atoms with E-state index in [0.29, 0.717) is 16.8 Å². The van der Waals surface area contributed by atoms with E-state index in [4.69, 9.17) is 18.7 Å². The van der Waals surface area contributed by atoms with Crippen molar-refractivity contribution in [3.05, 3.63) is 82.7 Å². The Bertz CT molecular complexity index is 1510.